The number of carbonyl (C=O) groups excluding carboxylic acids is 1. The highest BCUT2D eigenvalue weighted by Crippen LogP contribution is 2.39. The molecule has 0 amide bonds. The number of hydrogen-bond acceptors (Lipinski definition) is 6. The summed E-state index contributed by atoms with van der Waals surface area (Å²) in [5.74, 6) is 0.223. The van der Waals surface area contributed by atoms with Crippen molar-refractivity contribution in [1.82, 2.24) is 0 Å². The number of carbonyl (C=O) groups is 1. The van der Waals surface area contributed by atoms with Crippen molar-refractivity contribution in [3.05, 3.63) is 10.4 Å². The van der Waals surface area contributed by atoms with Gasteiger partial charge in [-0.3, -0.25) is 0 Å². The van der Waals surface area contributed by atoms with E-state index in [1.807, 2.05) is 0 Å². The molecule has 1 unspecified atom stereocenters. The Labute approximate surface area is 122 Å². The number of nitrogens with two attached hydrogens (primary N) is 1. The van der Waals surface area contributed by atoms with Gasteiger partial charge in [-0.15, -0.1) is 11.3 Å². The van der Waals surface area contributed by atoms with Crippen LogP contribution in [0.3, 0.4) is 0 Å². The number of rotatable bonds is 2. The Bertz CT molecular complexity index is 547. The number of esters is 1. The van der Waals surface area contributed by atoms with Crippen molar-refractivity contribution < 1.29 is 9.53 Å². The lowest BCUT2D eigenvalue weighted by Crippen LogP contribution is -2.23. The van der Waals surface area contributed by atoms with Gasteiger partial charge in [-0.25, -0.2) is 4.79 Å². The molecule has 0 saturated carbocycles. The molecule has 1 aromatic heterocycles. The van der Waals surface area contributed by atoms with E-state index in [0.717, 1.165) is 30.9 Å². The fourth-order valence-corrected chi connectivity index (χ4v) is 3.61. The van der Waals surface area contributed by atoms with Crippen molar-refractivity contribution in [2.75, 3.05) is 30.8 Å². The zero-order chi connectivity index (χ0) is 14.7. The Balaban J connectivity index is 2.36. The Morgan fingerprint density at radius 3 is 2.90 bits per heavy atom. The summed E-state index contributed by atoms with van der Waals surface area (Å²) in [5, 5.41) is 10.1. The molecule has 1 fully saturated rings. The Kier molecular flexibility index (Phi) is 4.50. The summed E-state index contributed by atoms with van der Waals surface area (Å²) < 4.78 is 4.72. The number of nitrogen functional groups attached to an aromatic ring is 1. The van der Waals surface area contributed by atoms with E-state index in [1.54, 1.807) is 0 Å². The summed E-state index contributed by atoms with van der Waals surface area (Å²) >= 11 is 1.26. The predicted octanol–water partition coefficient (Wildman–Crippen LogP) is 2.61. The highest BCUT2D eigenvalue weighted by Gasteiger charge is 2.26. The Morgan fingerprint density at radius 2 is 2.25 bits per heavy atom. The average Bonchev–Trinajstić information content (AvgIpc) is 2.62. The van der Waals surface area contributed by atoms with Crippen LogP contribution in [-0.2, 0) is 4.74 Å². The maximum atomic E-state index is 11.7. The standard InChI is InChI=1S/C14H19N3O2S/c1-9-4-3-6-17(7-5-9)13-10(8-15)11(16)12(20-13)14(18)19-2/h9H,3-7,16H2,1-2H3. The van der Waals surface area contributed by atoms with Gasteiger partial charge in [0, 0.05) is 13.1 Å². The normalized spacial score (nSPS) is 19.2. The van der Waals surface area contributed by atoms with Crippen LogP contribution in [-0.4, -0.2) is 26.2 Å². The molecule has 1 atom stereocenters. The maximum absolute atomic E-state index is 11.7. The molecule has 2 rings (SSSR count). The lowest BCUT2D eigenvalue weighted by molar-refractivity contribution is 0.0607. The van der Waals surface area contributed by atoms with Crippen LogP contribution in [0.5, 0.6) is 0 Å². The number of hydrogen-bond donors (Lipinski definition) is 1. The first-order valence-corrected chi connectivity index (χ1v) is 7.55. The minimum Gasteiger partial charge on any atom is -0.465 e. The van der Waals surface area contributed by atoms with Gasteiger partial charge in [-0.05, 0) is 25.2 Å². The summed E-state index contributed by atoms with van der Waals surface area (Å²) in [4.78, 5) is 14.2. The monoisotopic (exact) mass is 293 g/mol. The van der Waals surface area contributed by atoms with Crippen LogP contribution in [0.25, 0.3) is 0 Å². The molecular formula is C14H19N3O2S. The van der Waals surface area contributed by atoms with E-state index >= 15 is 0 Å². The van der Waals surface area contributed by atoms with Crippen LogP contribution in [0.2, 0.25) is 0 Å². The molecule has 5 nitrogen and oxygen atoms in total. The molecular weight excluding hydrogens is 274 g/mol. The second-order valence-corrected chi connectivity index (χ2v) is 6.15. The zero-order valence-corrected chi connectivity index (χ0v) is 12.6. The van der Waals surface area contributed by atoms with E-state index in [1.165, 1.54) is 24.9 Å². The first kappa shape index (κ1) is 14.7. The molecule has 0 aromatic carbocycles. The van der Waals surface area contributed by atoms with Crippen molar-refractivity contribution >= 4 is 28.0 Å². The molecule has 0 spiro atoms. The lowest BCUT2D eigenvalue weighted by atomic mass is 10.0. The van der Waals surface area contributed by atoms with Crippen LogP contribution in [0.1, 0.15) is 41.4 Å². The Morgan fingerprint density at radius 1 is 1.50 bits per heavy atom. The molecule has 6 heteroatoms. The zero-order valence-electron chi connectivity index (χ0n) is 11.8. The van der Waals surface area contributed by atoms with Gasteiger partial charge >= 0.3 is 5.97 Å². The number of anilines is 2. The first-order chi connectivity index (χ1) is 9.58. The van der Waals surface area contributed by atoms with Crippen LogP contribution in [0, 0.1) is 17.2 Å². The summed E-state index contributed by atoms with van der Waals surface area (Å²) in [6.07, 6.45) is 3.39. The van der Waals surface area contributed by atoms with E-state index in [0.29, 0.717) is 16.4 Å². The number of nitriles is 1. The van der Waals surface area contributed by atoms with Gasteiger partial charge in [-0.1, -0.05) is 6.92 Å². The largest absolute Gasteiger partial charge is 0.465 e. The van der Waals surface area contributed by atoms with Crippen molar-refractivity contribution in [3.63, 3.8) is 0 Å². The molecule has 1 aliphatic rings. The van der Waals surface area contributed by atoms with E-state index in [9.17, 15) is 10.1 Å². The van der Waals surface area contributed by atoms with Gasteiger partial charge in [-0.2, -0.15) is 5.26 Å². The van der Waals surface area contributed by atoms with Gasteiger partial charge in [0.15, 0.2) is 0 Å². The third-order valence-electron chi connectivity index (χ3n) is 3.71. The topological polar surface area (TPSA) is 79.3 Å². The first-order valence-electron chi connectivity index (χ1n) is 6.74. The van der Waals surface area contributed by atoms with Gasteiger partial charge in [0.1, 0.15) is 21.5 Å². The van der Waals surface area contributed by atoms with Gasteiger partial charge < -0.3 is 15.4 Å². The number of nitrogens with zero attached hydrogens (tertiary/aromatic N) is 2. The van der Waals surface area contributed by atoms with Gasteiger partial charge in [0.2, 0.25) is 0 Å². The molecule has 2 N–H and O–H groups in total. The SMILES string of the molecule is COC(=O)c1sc(N2CCCC(C)CC2)c(C#N)c1N. The van der Waals surface area contributed by atoms with Crippen molar-refractivity contribution in [2.24, 2.45) is 5.92 Å². The highest BCUT2D eigenvalue weighted by molar-refractivity contribution is 7.18. The smallest absolute Gasteiger partial charge is 0.350 e. The van der Waals surface area contributed by atoms with Crippen LogP contribution in [0.15, 0.2) is 0 Å². The summed E-state index contributed by atoms with van der Waals surface area (Å²) in [6.45, 7) is 4.05. The maximum Gasteiger partial charge on any atom is 0.350 e. The second kappa shape index (κ2) is 6.14. The predicted molar refractivity (Wildman–Crippen MR) is 80.0 cm³/mol. The van der Waals surface area contributed by atoms with Crippen molar-refractivity contribution in [3.8, 4) is 6.07 Å². The molecule has 0 radical (unpaired) electrons. The molecule has 1 saturated heterocycles. The number of thiophene rings is 1. The summed E-state index contributed by atoms with van der Waals surface area (Å²) in [5.41, 5.74) is 6.58. The summed E-state index contributed by atoms with van der Waals surface area (Å²) in [7, 11) is 1.32. The fourth-order valence-electron chi connectivity index (χ4n) is 2.47. The van der Waals surface area contributed by atoms with E-state index in [4.69, 9.17) is 10.5 Å². The molecule has 108 valence electrons. The molecule has 0 aliphatic carbocycles. The highest BCUT2D eigenvalue weighted by atomic mass is 32.1. The van der Waals surface area contributed by atoms with Crippen molar-refractivity contribution in [1.29, 1.82) is 5.26 Å². The third-order valence-corrected chi connectivity index (χ3v) is 4.96. The molecule has 2 heterocycles. The van der Waals surface area contributed by atoms with Crippen LogP contribution >= 0.6 is 11.3 Å². The van der Waals surface area contributed by atoms with Crippen molar-refractivity contribution in [2.45, 2.75) is 26.2 Å². The number of ether oxygens (including phenoxy) is 1. The Hall–Kier alpha value is -1.74. The molecule has 20 heavy (non-hydrogen) atoms. The molecule has 0 bridgehead atoms. The lowest BCUT2D eigenvalue weighted by Gasteiger charge is -2.21. The fraction of sp³-hybridized carbons (Fsp3) is 0.571. The van der Waals surface area contributed by atoms with Crippen LogP contribution in [0.4, 0.5) is 10.7 Å². The van der Waals surface area contributed by atoms with Gasteiger partial charge in [0.25, 0.3) is 0 Å². The van der Waals surface area contributed by atoms with E-state index in [-0.39, 0.29) is 5.69 Å². The van der Waals surface area contributed by atoms with Crippen LogP contribution < -0.4 is 10.6 Å². The number of methoxy groups -OCH3 is 1. The van der Waals surface area contributed by atoms with E-state index < -0.39 is 5.97 Å². The quantitative estimate of drug-likeness (QED) is 0.848. The minimum absolute atomic E-state index is 0.247. The van der Waals surface area contributed by atoms with Gasteiger partial charge in [0.05, 0.1) is 12.8 Å². The summed E-state index contributed by atoms with van der Waals surface area (Å²) in [6, 6.07) is 2.13. The second-order valence-electron chi connectivity index (χ2n) is 5.15. The van der Waals surface area contributed by atoms with E-state index in [2.05, 4.69) is 17.9 Å². The third kappa shape index (κ3) is 2.73. The minimum atomic E-state index is -0.474. The average molecular weight is 293 g/mol. The molecule has 1 aromatic rings. The molecule has 1 aliphatic heterocycles.